The summed E-state index contributed by atoms with van der Waals surface area (Å²) in [4.78, 5) is 64.5. The first-order valence-electron chi connectivity index (χ1n) is 16.8. The first-order valence-corrected chi connectivity index (χ1v) is 18.3. The molecule has 0 radical (unpaired) electrons. The first-order chi connectivity index (χ1) is 25.8. The summed E-state index contributed by atoms with van der Waals surface area (Å²) >= 11 is 0. The molecular formula is C31H45N6O17P. The lowest BCUT2D eigenvalue weighted by Gasteiger charge is -2.40. The van der Waals surface area contributed by atoms with Gasteiger partial charge in [-0.25, -0.2) is 9.36 Å². The highest BCUT2D eigenvalue weighted by molar-refractivity contribution is 7.47. The van der Waals surface area contributed by atoms with Crippen molar-refractivity contribution in [3.63, 3.8) is 0 Å². The second-order valence-electron chi connectivity index (χ2n) is 13.0. The van der Waals surface area contributed by atoms with Crippen molar-refractivity contribution in [3.05, 3.63) is 40.2 Å². The highest BCUT2D eigenvalue weighted by Gasteiger charge is 2.45. The van der Waals surface area contributed by atoms with Crippen molar-refractivity contribution in [1.29, 1.82) is 0 Å². The molecule has 13 N–H and O–H groups in total. The summed E-state index contributed by atoms with van der Waals surface area (Å²) in [5, 5.41) is 76.4. The van der Waals surface area contributed by atoms with E-state index in [-0.39, 0.29) is 29.9 Å². The summed E-state index contributed by atoms with van der Waals surface area (Å²) in [6.07, 6.45) is -14.6. The van der Waals surface area contributed by atoms with Crippen LogP contribution in [-0.4, -0.2) is 149 Å². The molecule has 55 heavy (non-hydrogen) atoms. The predicted molar refractivity (Wildman–Crippen MR) is 188 cm³/mol. The van der Waals surface area contributed by atoms with Gasteiger partial charge in [0.15, 0.2) is 18.2 Å². The van der Waals surface area contributed by atoms with Crippen LogP contribution in [0.5, 0.6) is 0 Å². The number of nitrogen functional groups attached to an aromatic ring is 1. The van der Waals surface area contributed by atoms with Gasteiger partial charge in [-0.3, -0.25) is 28.4 Å². The monoisotopic (exact) mass is 804 g/mol. The van der Waals surface area contributed by atoms with E-state index in [1.165, 1.54) is 4.90 Å². The number of aromatic amines is 1. The van der Waals surface area contributed by atoms with E-state index in [4.69, 9.17) is 25.4 Å². The number of H-pyrrole nitrogens is 1. The number of hydrogen-bond acceptors (Lipinski definition) is 18. The number of aromatic nitrogens is 2. The molecule has 4 rings (SSSR count). The smallest absolute Gasteiger partial charge is 0.473 e. The topological polar surface area (TPSA) is 366 Å². The van der Waals surface area contributed by atoms with Crippen LogP contribution < -0.4 is 26.8 Å². The number of ether oxygens (including phenoxy) is 2. The highest BCUT2D eigenvalue weighted by atomic mass is 31.2. The molecule has 1 aromatic carbocycles. The maximum atomic E-state index is 12.4. The lowest BCUT2D eigenvalue weighted by atomic mass is 9.97. The minimum Gasteiger partial charge on any atom is -0.481 e. The number of carbonyl (C=O) groups excluding carboxylic acids is 1. The number of phosphoric ester groups is 1. The lowest BCUT2D eigenvalue weighted by molar-refractivity contribution is -0.192. The lowest BCUT2D eigenvalue weighted by Crippen LogP contribution is -2.55. The molecule has 1 unspecified atom stereocenters. The Balaban J connectivity index is 1.26. The molecule has 0 bridgehead atoms. The van der Waals surface area contributed by atoms with E-state index in [0.29, 0.717) is 17.7 Å². The van der Waals surface area contributed by atoms with Gasteiger partial charge >= 0.3 is 19.8 Å². The summed E-state index contributed by atoms with van der Waals surface area (Å²) in [6.45, 7) is 1.99. The third-order valence-electron chi connectivity index (χ3n) is 9.00. The Labute approximate surface area is 312 Å². The van der Waals surface area contributed by atoms with Gasteiger partial charge in [-0.1, -0.05) is 12.1 Å². The summed E-state index contributed by atoms with van der Waals surface area (Å²) in [6, 6.07) is 5.22. The van der Waals surface area contributed by atoms with Gasteiger partial charge in [-0.15, -0.1) is 0 Å². The Morgan fingerprint density at radius 1 is 1.11 bits per heavy atom. The Morgan fingerprint density at radius 3 is 2.40 bits per heavy atom. The van der Waals surface area contributed by atoms with Crippen molar-refractivity contribution in [2.24, 2.45) is 0 Å². The molecule has 23 nitrogen and oxygen atoms in total. The quantitative estimate of drug-likeness (QED) is 0.0487. The fourth-order valence-electron chi connectivity index (χ4n) is 5.97. The Bertz CT molecular complexity index is 1750. The fraction of sp³-hybridized carbons (Fsp3) is 0.581. The number of aliphatic hydroxyl groups excluding tert-OH is 5. The number of fused-ring (bicyclic) bond motifs is 1. The van der Waals surface area contributed by atoms with Crippen molar-refractivity contribution in [3.8, 4) is 0 Å². The van der Waals surface area contributed by atoms with Crippen LogP contribution in [0.25, 0.3) is 0 Å². The van der Waals surface area contributed by atoms with Gasteiger partial charge in [0.2, 0.25) is 12.4 Å². The molecule has 0 aliphatic carbocycles. The number of carboxylic acids is 2. The van der Waals surface area contributed by atoms with Crippen LogP contribution in [0, 0.1) is 0 Å². The van der Waals surface area contributed by atoms with Crippen LogP contribution in [0.4, 0.5) is 23.1 Å². The van der Waals surface area contributed by atoms with Crippen LogP contribution in [0.2, 0.25) is 0 Å². The van der Waals surface area contributed by atoms with Crippen molar-refractivity contribution in [2.75, 3.05) is 34.5 Å². The number of phosphoric acid groups is 1. The van der Waals surface area contributed by atoms with Crippen LogP contribution >= 0.6 is 7.82 Å². The summed E-state index contributed by atoms with van der Waals surface area (Å²) in [5.74, 6) is -2.87. The number of nitrogens with two attached hydrogens (primary N) is 1. The number of nitrogens with zero attached hydrogens (tertiary/aromatic N) is 2. The number of carboxylic acid groups (broad SMARTS) is 2. The van der Waals surface area contributed by atoms with Crippen LogP contribution in [0.3, 0.4) is 0 Å². The zero-order chi connectivity index (χ0) is 40.8. The van der Waals surface area contributed by atoms with Crippen LogP contribution in [0.1, 0.15) is 32.3 Å². The molecule has 0 spiro atoms. The molecule has 2 aromatic rings. The summed E-state index contributed by atoms with van der Waals surface area (Å²) in [7, 11) is -5.13. The molecule has 1 saturated heterocycles. The van der Waals surface area contributed by atoms with Gasteiger partial charge < -0.3 is 71.4 Å². The number of aliphatic carboxylic acids is 2. The van der Waals surface area contributed by atoms with E-state index in [2.05, 4.69) is 29.6 Å². The Hall–Kier alpha value is -4.26. The average Bonchev–Trinajstić information content (AvgIpc) is 3.39. The summed E-state index contributed by atoms with van der Waals surface area (Å²) < 4.78 is 32.0. The van der Waals surface area contributed by atoms with E-state index >= 15 is 0 Å². The van der Waals surface area contributed by atoms with Crippen LogP contribution in [-0.2, 0) is 43.9 Å². The molecule has 2 aliphatic rings. The van der Waals surface area contributed by atoms with Gasteiger partial charge in [-0.2, -0.15) is 4.98 Å². The van der Waals surface area contributed by atoms with Gasteiger partial charge in [0, 0.05) is 24.6 Å². The number of amides is 1. The van der Waals surface area contributed by atoms with Crippen molar-refractivity contribution in [2.45, 2.75) is 100 Å². The Morgan fingerprint density at radius 2 is 1.78 bits per heavy atom. The Kier molecular flexibility index (Phi) is 14.7. The maximum Gasteiger partial charge on any atom is 0.473 e. The van der Waals surface area contributed by atoms with Crippen molar-refractivity contribution < 1.29 is 78.1 Å². The number of aliphatic hydroxyl groups is 5. The number of nitrogens with one attached hydrogen (secondary N) is 3. The van der Waals surface area contributed by atoms with E-state index in [1.54, 1.807) is 31.2 Å². The number of carbonyl (C=O) groups is 3. The van der Waals surface area contributed by atoms with Crippen LogP contribution in [0.15, 0.2) is 29.1 Å². The molecule has 1 amide bonds. The van der Waals surface area contributed by atoms with Gasteiger partial charge in [0.1, 0.15) is 36.2 Å². The second-order valence-corrected chi connectivity index (χ2v) is 14.4. The largest absolute Gasteiger partial charge is 0.481 e. The van der Waals surface area contributed by atoms with E-state index in [0.717, 1.165) is 0 Å². The molecule has 12 atom stereocenters. The molecule has 1 aromatic heterocycles. The van der Waals surface area contributed by atoms with Crippen molar-refractivity contribution >= 4 is 49.3 Å². The van der Waals surface area contributed by atoms with E-state index in [9.17, 15) is 54.2 Å². The van der Waals surface area contributed by atoms with E-state index in [1.807, 2.05) is 6.92 Å². The molecular weight excluding hydrogens is 759 g/mol. The average molecular weight is 805 g/mol. The number of rotatable bonds is 20. The molecule has 3 heterocycles. The molecule has 2 aliphatic heterocycles. The van der Waals surface area contributed by atoms with Crippen molar-refractivity contribution in [1.82, 2.24) is 9.97 Å². The van der Waals surface area contributed by atoms with Gasteiger partial charge in [0.25, 0.3) is 5.56 Å². The molecule has 306 valence electrons. The SMILES string of the molecule is C[C@@H]1Nc2nc(N)[nH]c(=O)c2N[C@H]1[C@@H](C)N(C=O)c1ccc(C[C@H](O)[C@H](O)[C@H](O)CO[C@H]2O[C@H](COP(=O)(O)O[C@@H](CCC(=O)O)C(=O)O)[C@@H](O)[C@H]2O)cc1. The predicted octanol–water partition coefficient (Wildman–Crippen LogP) is -2.46. The normalized spacial score (nSPS) is 25.9. The van der Waals surface area contributed by atoms with E-state index < -0.39 is 112 Å². The number of benzene rings is 1. The first kappa shape index (κ1) is 43.5. The second kappa shape index (κ2) is 18.6. The molecule has 0 saturated carbocycles. The molecule has 24 heteroatoms. The minimum atomic E-state index is -5.13. The fourth-order valence-corrected chi connectivity index (χ4v) is 6.88. The maximum absolute atomic E-state index is 12.4. The third-order valence-corrected chi connectivity index (χ3v) is 10.00. The van der Waals surface area contributed by atoms with Gasteiger partial charge in [-0.05, 0) is 38.0 Å². The number of hydrogen-bond donors (Lipinski definition) is 12. The minimum absolute atomic E-state index is 0.0500. The van der Waals surface area contributed by atoms with Gasteiger partial charge in [0.05, 0.1) is 31.4 Å². The number of anilines is 4. The standard InChI is InChI=1S/C31H45N6O17P/c1-13-22(34-23-27(33-13)35-31(32)36-28(23)46)14(2)37(12-38)16-5-3-15(4-6-16)9-17(39)24(43)18(40)10-51-30-26(45)25(44)20(53-30)11-52-55(49,50)54-19(29(47)48)7-8-21(41)42/h3-6,12-14,17-20,22,24-26,30,34,39-40,43-45H,7-11H2,1-2H3,(H,41,42)(H,47,48)(H,49,50)(H4,32,33,35,36,46)/t13-,14+,17-,18+,19-,20+,22+,24-,25+,26+,30-/m0/s1. The summed E-state index contributed by atoms with van der Waals surface area (Å²) in [5.41, 5.74) is 6.33. The highest BCUT2D eigenvalue weighted by Crippen LogP contribution is 2.46. The zero-order valence-electron chi connectivity index (χ0n) is 29.4. The third kappa shape index (κ3) is 11.2. The zero-order valence-corrected chi connectivity index (χ0v) is 30.3. The molecule has 1 fully saturated rings.